The van der Waals surface area contributed by atoms with Crippen LogP contribution in [0.25, 0.3) is 11.5 Å². The molecule has 0 unspecified atom stereocenters. The van der Waals surface area contributed by atoms with Gasteiger partial charge in [0.1, 0.15) is 12.3 Å². The van der Waals surface area contributed by atoms with Crippen LogP contribution in [0.4, 0.5) is 0 Å². The average Bonchev–Trinajstić information content (AvgIpc) is 3.30. The van der Waals surface area contributed by atoms with Crippen molar-refractivity contribution in [2.24, 2.45) is 0 Å². The summed E-state index contributed by atoms with van der Waals surface area (Å²) < 4.78 is 7.25. The van der Waals surface area contributed by atoms with Crippen molar-refractivity contribution in [2.45, 2.75) is 83.6 Å². The third kappa shape index (κ3) is 7.71. The van der Waals surface area contributed by atoms with Gasteiger partial charge in [0.2, 0.25) is 6.04 Å². The highest BCUT2D eigenvalue weighted by Crippen LogP contribution is 2.31. The first-order valence-electron chi connectivity index (χ1n) is 13.9. The van der Waals surface area contributed by atoms with Crippen molar-refractivity contribution in [3.63, 3.8) is 0 Å². The molecule has 1 aliphatic heterocycles. The van der Waals surface area contributed by atoms with E-state index in [1.807, 2.05) is 13.0 Å². The molecule has 0 saturated carbocycles. The predicted octanol–water partition coefficient (Wildman–Crippen LogP) is 6.04. The first-order chi connectivity index (χ1) is 18.2. The number of hydrogen-bond donors (Lipinski definition) is 0. The van der Waals surface area contributed by atoms with E-state index in [0.29, 0.717) is 37.7 Å². The minimum Gasteiger partial charge on any atom is -0.374 e. The molecule has 1 fully saturated rings. The van der Waals surface area contributed by atoms with Gasteiger partial charge in [-0.3, -0.25) is 0 Å². The molecule has 0 N–H and O–H groups in total. The van der Waals surface area contributed by atoms with Crippen LogP contribution in [0.3, 0.4) is 0 Å². The summed E-state index contributed by atoms with van der Waals surface area (Å²) in [7, 11) is 0. The number of hydrogen-bond acceptors (Lipinski definition) is 6. The fourth-order valence-corrected chi connectivity index (χ4v) is 5.13. The molecule has 2 atom stereocenters. The predicted molar refractivity (Wildman–Crippen MR) is 145 cm³/mol. The number of nitroso groups, excluding NO2 is 1. The Hall–Kier alpha value is -3.06. The number of unbranched alkanes of at least 4 members (excludes halogenated alkanes) is 5. The molecule has 196 valence electrons. The van der Waals surface area contributed by atoms with Gasteiger partial charge in [0.15, 0.2) is 12.4 Å². The Balaban J connectivity index is 1.26. The van der Waals surface area contributed by atoms with Crippen LogP contribution in [0.5, 0.6) is 0 Å². The van der Waals surface area contributed by atoms with Gasteiger partial charge in [-0.25, -0.2) is 9.97 Å². The lowest BCUT2D eigenvalue weighted by Gasteiger charge is -2.14. The lowest BCUT2D eigenvalue weighted by atomic mass is 9.91. The molecule has 4 rings (SSSR count). The fourth-order valence-electron chi connectivity index (χ4n) is 5.13. The molecule has 0 spiro atoms. The van der Waals surface area contributed by atoms with Crippen LogP contribution in [-0.4, -0.2) is 50.7 Å². The van der Waals surface area contributed by atoms with Crippen LogP contribution in [-0.2, 0) is 17.6 Å². The number of aryl methyl sites for hydroxylation is 2. The number of aromatic nitrogens is 4. The largest absolute Gasteiger partial charge is 0.374 e. The van der Waals surface area contributed by atoms with Crippen LogP contribution >= 0.6 is 0 Å². The van der Waals surface area contributed by atoms with Crippen LogP contribution in [0, 0.1) is 11.8 Å². The molecule has 1 aromatic carbocycles. The van der Waals surface area contributed by atoms with Gasteiger partial charge in [-0.15, -0.1) is 5.10 Å². The Labute approximate surface area is 220 Å². The summed E-state index contributed by atoms with van der Waals surface area (Å²) in [4.78, 5) is 21.1. The highest BCUT2D eigenvalue weighted by molar-refractivity contribution is 5.49. The highest BCUT2D eigenvalue weighted by atomic mass is 16.5. The van der Waals surface area contributed by atoms with Gasteiger partial charge < -0.3 is 4.74 Å². The topological polar surface area (TPSA) is 80.9 Å². The zero-order valence-electron chi connectivity index (χ0n) is 22.3. The monoisotopic (exact) mass is 502 g/mol. The Morgan fingerprint density at radius 1 is 0.973 bits per heavy atom. The van der Waals surface area contributed by atoms with Gasteiger partial charge in [0.25, 0.3) is 0 Å². The molecule has 37 heavy (non-hydrogen) atoms. The molecular formula is C30H40N5O2+. The molecule has 0 aliphatic carbocycles. The van der Waals surface area contributed by atoms with Crippen LogP contribution in [0.1, 0.15) is 80.2 Å². The first kappa shape index (κ1) is 27.0. The molecule has 7 nitrogen and oxygen atoms in total. The van der Waals surface area contributed by atoms with E-state index in [-0.39, 0.29) is 12.0 Å². The van der Waals surface area contributed by atoms with E-state index < -0.39 is 0 Å². The molecule has 3 heterocycles. The Bertz CT molecular complexity index is 1120. The lowest BCUT2D eigenvalue weighted by molar-refractivity contribution is -0.569. The molecule has 0 bridgehead atoms. The fraction of sp³-hybridized carbons (Fsp3) is 0.533. The third-order valence-corrected chi connectivity index (χ3v) is 7.40. The molecule has 0 radical (unpaired) electrons. The van der Waals surface area contributed by atoms with Gasteiger partial charge in [-0.1, -0.05) is 63.3 Å². The smallest absolute Gasteiger partial charge is 0.231 e. The van der Waals surface area contributed by atoms with Crippen LogP contribution in [0.2, 0.25) is 0 Å². The van der Waals surface area contributed by atoms with Crippen LogP contribution in [0.15, 0.2) is 48.8 Å². The van der Waals surface area contributed by atoms with E-state index in [9.17, 15) is 4.91 Å². The number of ether oxygens (including phenoxy) is 1. The molecule has 0 amide bonds. The third-order valence-electron chi connectivity index (χ3n) is 7.40. The maximum Gasteiger partial charge on any atom is 0.231 e. The quantitative estimate of drug-likeness (QED) is 0.197. The van der Waals surface area contributed by atoms with Crippen molar-refractivity contribution < 1.29 is 9.50 Å². The second-order valence-corrected chi connectivity index (χ2v) is 10.1. The van der Waals surface area contributed by atoms with E-state index in [1.165, 1.54) is 54.4 Å². The average molecular weight is 503 g/mol. The van der Waals surface area contributed by atoms with E-state index >= 15 is 0 Å². The van der Waals surface area contributed by atoms with E-state index in [0.717, 1.165) is 24.1 Å². The molecule has 2 aromatic heterocycles. The minimum atomic E-state index is -0.144. The van der Waals surface area contributed by atoms with E-state index in [2.05, 4.69) is 51.4 Å². The van der Waals surface area contributed by atoms with Gasteiger partial charge in [0, 0.05) is 28.5 Å². The van der Waals surface area contributed by atoms with Crippen molar-refractivity contribution in [2.75, 3.05) is 19.8 Å². The van der Waals surface area contributed by atoms with Crippen molar-refractivity contribution in [3.8, 4) is 11.5 Å². The summed E-state index contributed by atoms with van der Waals surface area (Å²) in [5.74, 6) is 0.776. The zero-order valence-corrected chi connectivity index (χ0v) is 22.3. The molecular weight excluding hydrogens is 462 g/mol. The Morgan fingerprint density at radius 2 is 1.73 bits per heavy atom. The zero-order chi connectivity index (χ0) is 25.9. The summed E-state index contributed by atoms with van der Waals surface area (Å²) in [6.07, 6.45) is 14.0. The summed E-state index contributed by atoms with van der Waals surface area (Å²) in [6, 6.07) is 12.6. The summed E-state index contributed by atoms with van der Waals surface area (Å²) >= 11 is 0. The van der Waals surface area contributed by atoms with E-state index in [4.69, 9.17) is 4.74 Å². The highest BCUT2D eigenvalue weighted by Gasteiger charge is 2.42. The van der Waals surface area contributed by atoms with Gasteiger partial charge >= 0.3 is 0 Å². The lowest BCUT2D eigenvalue weighted by Crippen LogP contribution is -2.28. The first-order valence-corrected chi connectivity index (χ1v) is 13.9. The maximum atomic E-state index is 12.6. The maximum absolute atomic E-state index is 12.6. The van der Waals surface area contributed by atoms with Crippen molar-refractivity contribution >= 4 is 0 Å². The Kier molecular flexibility index (Phi) is 10.2. The van der Waals surface area contributed by atoms with Crippen molar-refractivity contribution in [1.29, 1.82) is 0 Å². The SMILES string of the molecule is CCCCCCCCc1ccc([C@H]2CC[N+](=O)[C@@H]2COCCc2cc(-c3ncccn3)nnc2C)cc1. The number of nitrogens with zero attached hydrogens (tertiary/aromatic N) is 5. The minimum absolute atomic E-state index is 0.144. The van der Waals surface area contributed by atoms with Crippen molar-refractivity contribution in [3.05, 3.63) is 76.1 Å². The van der Waals surface area contributed by atoms with Gasteiger partial charge in [0.05, 0.1) is 18.2 Å². The molecule has 3 aromatic rings. The van der Waals surface area contributed by atoms with Gasteiger partial charge in [-0.2, -0.15) is 5.10 Å². The normalized spacial score (nSPS) is 17.4. The second kappa shape index (κ2) is 14.0. The molecule has 1 saturated heterocycles. The standard InChI is InChI=1S/C30H40N5O2/c1-3-4-5-6-7-8-10-24-11-13-25(14-12-24)27-15-19-35(36)29(27)22-37-20-16-26-21-28(34-33-23(26)2)30-31-17-9-18-32-30/h9,11-14,17-18,21,27,29H,3-8,10,15-16,19-20,22H2,1-2H3/q+1/t27-,29-/m1/s1. The Morgan fingerprint density at radius 3 is 2.51 bits per heavy atom. The molecule has 7 heteroatoms. The summed E-state index contributed by atoms with van der Waals surface area (Å²) in [6.45, 7) is 5.72. The second-order valence-electron chi connectivity index (χ2n) is 10.1. The van der Waals surface area contributed by atoms with Crippen molar-refractivity contribution in [1.82, 2.24) is 20.2 Å². The molecule has 1 aliphatic rings. The summed E-state index contributed by atoms with van der Waals surface area (Å²) in [5, 5.41) is 8.50. The summed E-state index contributed by atoms with van der Waals surface area (Å²) in [5.41, 5.74) is 5.22. The van der Waals surface area contributed by atoms with Crippen LogP contribution < -0.4 is 0 Å². The van der Waals surface area contributed by atoms with Gasteiger partial charge in [-0.05, 0) is 55.0 Å². The number of benzene rings is 1. The van der Waals surface area contributed by atoms with E-state index in [1.54, 1.807) is 18.5 Å². The number of rotatable bonds is 14.